The average Bonchev–Trinajstić information content (AvgIpc) is 2.85. The molecule has 0 saturated carbocycles. The summed E-state index contributed by atoms with van der Waals surface area (Å²) in [5.41, 5.74) is 1.61. The molecule has 0 unspecified atom stereocenters. The molecule has 192 valence electrons. The highest BCUT2D eigenvalue weighted by molar-refractivity contribution is 6.00. The first-order valence-electron chi connectivity index (χ1n) is 12.2. The molecule has 0 aromatic heterocycles. The summed E-state index contributed by atoms with van der Waals surface area (Å²) in [5, 5.41) is 5.63. The van der Waals surface area contributed by atoms with Crippen LogP contribution in [0, 0.1) is 11.7 Å². The molecule has 2 heterocycles. The zero-order valence-electron chi connectivity index (χ0n) is 20.8. The van der Waals surface area contributed by atoms with Crippen molar-refractivity contribution in [3.05, 3.63) is 59.4 Å². The SMILES string of the molecule is CC(C)C(=O)Nc1ccc2c(c1)C(=O)N(C)[C@H]1CC[C@H](CC(=O)NCc3cccc(F)c3)O[C@H]1CO2. The third kappa shape index (κ3) is 6.02. The predicted molar refractivity (Wildman–Crippen MR) is 132 cm³/mol. The smallest absolute Gasteiger partial charge is 0.257 e. The highest BCUT2D eigenvalue weighted by Crippen LogP contribution is 2.32. The third-order valence-electron chi connectivity index (χ3n) is 6.60. The minimum Gasteiger partial charge on any atom is -0.490 e. The predicted octanol–water partition coefficient (Wildman–Crippen LogP) is 3.51. The van der Waals surface area contributed by atoms with Gasteiger partial charge in [0.15, 0.2) is 0 Å². The molecule has 0 radical (unpaired) electrons. The molecule has 0 spiro atoms. The van der Waals surface area contributed by atoms with Gasteiger partial charge in [0.05, 0.1) is 24.1 Å². The van der Waals surface area contributed by atoms with Gasteiger partial charge in [-0.2, -0.15) is 0 Å². The molecule has 3 atom stereocenters. The molecule has 1 saturated heterocycles. The summed E-state index contributed by atoms with van der Waals surface area (Å²) in [5.74, 6) is -0.626. The number of likely N-dealkylation sites (N-methyl/N-ethyl adjacent to an activating group) is 1. The Hall–Kier alpha value is -3.46. The van der Waals surface area contributed by atoms with Crippen molar-refractivity contribution in [1.82, 2.24) is 10.2 Å². The Kier molecular flexibility index (Phi) is 7.88. The summed E-state index contributed by atoms with van der Waals surface area (Å²) >= 11 is 0. The second kappa shape index (κ2) is 11.1. The number of benzene rings is 2. The molecule has 2 aliphatic rings. The maximum absolute atomic E-state index is 13.3. The van der Waals surface area contributed by atoms with E-state index in [4.69, 9.17) is 9.47 Å². The fourth-order valence-corrected chi connectivity index (χ4v) is 4.52. The summed E-state index contributed by atoms with van der Waals surface area (Å²) in [6.45, 7) is 4.07. The number of hydrogen-bond acceptors (Lipinski definition) is 5. The van der Waals surface area contributed by atoms with E-state index in [1.54, 1.807) is 56.1 Å². The van der Waals surface area contributed by atoms with E-state index in [2.05, 4.69) is 10.6 Å². The van der Waals surface area contributed by atoms with Crippen LogP contribution in [-0.2, 0) is 20.9 Å². The lowest BCUT2D eigenvalue weighted by Crippen LogP contribution is -2.53. The largest absolute Gasteiger partial charge is 0.490 e. The maximum Gasteiger partial charge on any atom is 0.257 e. The molecule has 2 aromatic carbocycles. The normalized spacial score (nSPS) is 21.5. The molecule has 2 aliphatic heterocycles. The minimum atomic E-state index is -0.387. The van der Waals surface area contributed by atoms with Gasteiger partial charge in [-0.3, -0.25) is 14.4 Å². The minimum absolute atomic E-state index is 0.130. The van der Waals surface area contributed by atoms with Crippen LogP contribution in [0.5, 0.6) is 5.75 Å². The van der Waals surface area contributed by atoms with E-state index < -0.39 is 0 Å². The molecule has 1 fully saturated rings. The second-order valence-electron chi connectivity index (χ2n) is 9.63. The number of nitrogens with zero attached hydrogens (tertiary/aromatic N) is 1. The van der Waals surface area contributed by atoms with E-state index in [0.717, 1.165) is 0 Å². The molecule has 2 aromatic rings. The monoisotopic (exact) mass is 497 g/mol. The third-order valence-corrected chi connectivity index (χ3v) is 6.60. The number of ether oxygens (including phenoxy) is 2. The van der Waals surface area contributed by atoms with Crippen molar-refractivity contribution in [3.8, 4) is 5.75 Å². The Balaban J connectivity index is 1.38. The molecule has 2 N–H and O–H groups in total. The van der Waals surface area contributed by atoms with Gasteiger partial charge < -0.3 is 25.0 Å². The molecule has 0 aliphatic carbocycles. The maximum atomic E-state index is 13.3. The van der Waals surface area contributed by atoms with Crippen LogP contribution in [0.1, 0.15) is 49.0 Å². The Morgan fingerprint density at radius 2 is 1.97 bits per heavy atom. The Morgan fingerprint density at radius 1 is 1.17 bits per heavy atom. The van der Waals surface area contributed by atoms with Crippen LogP contribution in [0.2, 0.25) is 0 Å². The average molecular weight is 498 g/mol. The lowest BCUT2D eigenvalue weighted by atomic mass is 9.94. The first kappa shape index (κ1) is 25.6. The molecule has 4 rings (SSSR count). The zero-order chi connectivity index (χ0) is 25.8. The van der Waals surface area contributed by atoms with Gasteiger partial charge >= 0.3 is 0 Å². The molecule has 8 nitrogen and oxygen atoms in total. The van der Waals surface area contributed by atoms with Crippen LogP contribution in [0.4, 0.5) is 10.1 Å². The summed E-state index contributed by atoms with van der Waals surface area (Å²) < 4.78 is 25.5. The number of nitrogens with one attached hydrogen (secondary N) is 2. The van der Waals surface area contributed by atoms with Crippen LogP contribution in [0.3, 0.4) is 0 Å². The van der Waals surface area contributed by atoms with Crippen molar-refractivity contribution in [1.29, 1.82) is 0 Å². The lowest BCUT2D eigenvalue weighted by Gasteiger charge is -2.42. The number of carbonyl (C=O) groups excluding carboxylic acids is 3. The zero-order valence-corrected chi connectivity index (χ0v) is 20.8. The summed E-state index contributed by atoms with van der Waals surface area (Å²) in [4.78, 5) is 39.5. The number of amides is 3. The number of hydrogen-bond donors (Lipinski definition) is 2. The number of anilines is 1. The van der Waals surface area contributed by atoms with Gasteiger partial charge in [0.25, 0.3) is 5.91 Å². The van der Waals surface area contributed by atoms with E-state index in [9.17, 15) is 18.8 Å². The van der Waals surface area contributed by atoms with Crippen molar-refractivity contribution in [3.63, 3.8) is 0 Å². The van der Waals surface area contributed by atoms with Gasteiger partial charge in [-0.05, 0) is 48.7 Å². The van der Waals surface area contributed by atoms with Crippen molar-refractivity contribution >= 4 is 23.4 Å². The summed E-state index contributed by atoms with van der Waals surface area (Å²) in [7, 11) is 1.74. The standard InChI is InChI=1S/C27H32FN3O5/c1-16(2)26(33)30-19-7-10-23-21(12-19)27(34)31(3)22-9-8-20(36-24(22)15-35-23)13-25(32)29-14-17-5-4-6-18(28)11-17/h4-7,10-12,16,20,22,24H,8-9,13-15H2,1-3H3,(H,29,32)(H,30,33)/t20-,22+,24+/m1/s1. The quantitative estimate of drug-likeness (QED) is 0.637. The number of carbonyl (C=O) groups is 3. The van der Waals surface area contributed by atoms with Crippen molar-refractivity contribution in [2.75, 3.05) is 19.0 Å². The fraction of sp³-hybridized carbons (Fsp3) is 0.444. The number of halogens is 1. The fourth-order valence-electron chi connectivity index (χ4n) is 4.52. The van der Waals surface area contributed by atoms with Gasteiger partial charge in [0.2, 0.25) is 11.8 Å². The highest BCUT2D eigenvalue weighted by Gasteiger charge is 2.39. The Labute approximate surface area is 210 Å². The molecule has 3 amide bonds. The van der Waals surface area contributed by atoms with Crippen LogP contribution in [0.25, 0.3) is 0 Å². The highest BCUT2D eigenvalue weighted by atomic mass is 19.1. The van der Waals surface area contributed by atoms with E-state index in [0.29, 0.717) is 35.4 Å². The second-order valence-corrected chi connectivity index (χ2v) is 9.63. The van der Waals surface area contributed by atoms with Gasteiger partial charge in [-0.1, -0.05) is 26.0 Å². The Bertz CT molecular complexity index is 1140. The van der Waals surface area contributed by atoms with E-state index in [-0.39, 0.29) is 67.3 Å². The van der Waals surface area contributed by atoms with Gasteiger partial charge in [-0.15, -0.1) is 0 Å². The van der Waals surface area contributed by atoms with E-state index in [1.165, 1.54) is 12.1 Å². The first-order chi connectivity index (χ1) is 17.2. The van der Waals surface area contributed by atoms with Gasteiger partial charge in [0, 0.05) is 25.2 Å². The lowest BCUT2D eigenvalue weighted by molar-refractivity contribution is -0.134. The topological polar surface area (TPSA) is 97.0 Å². The summed E-state index contributed by atoms with van der Waals surface area (Å²) in [6.07, 6.45) is 0.757. The molecular weight excluding hydrogens is 465 g/mol. The number of rotatable bonds is 6. The van der Waals surface area contributed by atoms with E-state index >= 15 is 0 Å². The molecule has 36 heavy (non-hydrogen) atoms. The molecular formula is C27H32FN3O5. The van der Waals surface area contributed by atoms with Crippen LogP contribution < -0.4 is 15.4 Å². The van der Waals surface area contributed by atoms with Gasteiger partial charge in [0.1, 0.15) is 24.3 Å². The van der Waals surface area contributed by atoms with Crippen molar-refractivity contribution < 1.29 is 28.2 Å². The van der Waals surface area contributed by atoms with Gasteiger partial charge in [-0.25, -0.2) is 4.39 Å². The van der Waals surface area contributed by atoms with Crippen molar-refractivity contribution in [2.24, 2.45) is 5.92 Å². The van der Waals surface area contributed by atoms with E-state index in [1.807, 2.05) is 0 Å². The Morgan fingerprint density at radius 3 is 2.72 bits per heavy atom. The van der Waals surface area contributed by atoms with Crippen molar-refractivity contribution in [2.45, 2.75) is 57.9 Å². The molecule has 9 heteroatoms. The molecule has 0 bridgehead atoms. The first-order valence-corrected chi connectivity index (χ1v) is 12.2. The number of fused-ring (bicyclic) bond motifs is 2. The summed E-state index contributed by atoms with van der Waals surface area (Å²) in [6, 6.07) is 10.9. The van der Waals surface area contributed by atoms with Crippen LogP contribution >= 0.6 is 0 Å². The van der Waals surface area contributed by atoms with Crippen LogP contribution in [0.15, 0.2) is 42.5 Å². The van der Waals surface area contributed by atoms with Crippen LogP contribution in [-0.4, -0.2) is 54.5 Å².